The van der Waals surface area contributed by atoms with Crippen LogP contribution in [0.25, 0.3) is 0 Å². The van der Waals surface area contributed by atoms with Gasteiger partial charge < -0.3 is 0 Å². The molecule has 0 spiro atoms. The van der Waals surface area contributed by atoms with E-state index in [9.17, 15) is 0 Å². The Kier molecular flexibility index (Phi) is 8.70. The number of rotatable bonds is 8. The predicted molar refractivity (Wildman–Crippen MR) is 65.7 cm³/mol. The van der Waals surface area contributed by atoms with Crippen molar-refractivity contribution in [3.05, 3.63) is 0 Å². The van der Waals surface area contributed by atoms with Gasteiger partial charge in [0.2, 0.25) is 0 Å². The van der Waals surface area contributed by atoms with Gasteiger partial charge in [-0.1, -0.05) is 40.5 Å². The minimum atomic E-state index is 0.568. The van der Waals surface area contributed by atoms with E-state index in [1.54, 1.807) is 0 Å². The molecule has 0 aromatic rings. The predicted octanol–water partition coefficient (Wildman–Crippen LogP) is 4.60. The van der Waals surface area contributed by atoms with Gasteiger partial charge in [0, 0.05) is 12.1 Å². The largest absolute Gasteiger partial charge is 0.214 e. The smallest absolute Gasteiger partial charge is 0.0252 e. The lowest BCUT2D eigenvalue weighted by Crippen LogP contribution is -2.35. The van der Waals surface area contributed by atoms with Gasteiger partial charge in [-0.05, 0) is 37.5 Å². The Morgan fingerprint density at radius 2 is 1.21 bits per heavy atom. The summed E-state index contributed by atoms with van der Waals surface area (Å²) >= 11 is 6.40. The Labute approximate surface area is 94.9 Å². The van der Waals surface area contributed by atoms with Crippen molar-refractivity contribution in [3.63, 3.8) is 0 Å². The summed E-state index contributed by atoms with van der Waals surface area (Å²) in [6.45, 7) is 8.92. The molecule has 0 aliphatic rings. The highest BCUT2D eigenvalue weighted by Gasteiger charge is 2.20. The zero-order valence-corrected chi connectivity index (χ0v) is 11.0. The van der Waals surface area contributed by atoms with Gasteiger partial charge in [-0.3, -0.25) is 0 Å². The zero-order chi connectivity index (χ0) is 11.0. The van der Waals surface area contributed by atoms with Crippen molar-refractivity contribution in [2.24, 2.45) is 0 Å². The van der Waals surface area contributed by atoms with E-state index in [-0.39, 0.29) is 0 Å². The highest BCUT2D eigenvalue weighted by Crippen LogP contribution is 2.21. The molecule has 0 heterocycles. The highest BCUT2D eigenvalue weighted by atomic mass is 35.5. The zero-order valence-electron chi connectivity index (χ0n) is 10.2. The number of hydrogen-bond donors (Lipinski definition) is 0. The minimum absolute atomic E-state index is 0.568. The van der Waals surface area contributed by atoms with Gasteiger partial charge in [-0.15, -0.1) is 0 Å². The molecular weight excluding hydrogens is 194 g/mol. The summed E-state index contributed by atoms with van der Waals surface area (Å²) < 4.78 is 2.09. The van der Waals surface area contributed by atoms with Gasteiger partial charge in [-0.2, -0.15) is 0 Å². The molecule has 2 unspecified atom stereocenters. The first-order chi connectivity index (χ1) is 6.71. The van der Waals surface area contributed by atoms with Crippen LogP contribution in [0.15, 0.2) is 0 Å². The summed E-state index contributed by atoms with van der Waals surface area (Å²) in [5.74, 6) is 0. The average Bonchev–Trinajstić information content (AvgIpc) is 2.21. The van der Waals surface area contributed by atoms with Crippen LogP contribution in [0.3, 0.4) is 0 Å². The van der Waals surface area contributed by atoms with Crippen LogP contribution >= 0.6 is 11.8 Å². The maximum Gasteiger partial charge on any atom is 0.0252 e. The van der Waals surface area contributed by atoms with E-state index in [1.807, 2.05) is 0 Å². The molecule has 0 saturated heterocycles. The molecule has 0 aromatic carbocycles. The molecule has 0 saturated carbocycles. The van der Waals surface area contributed by atoms with Crippen LogP contribution in [-0.4, -0.2) is 16.5 Å². The molecule has 14 heavy (non-hydrogen) atoms. The van der Waals surface area contributed by atoms with Crippen LogP contribution in [0, 0.1) is 0 Å². The molecule has 0 N–H and O–H groups in total. The van der Waals surface area contributed by atoms with Crippen molar-refractivity contribution in [1.82, 2.24) is 4.42 Å². The normalized spacial score (nSPS) is 15.9. The van der Waals surface area contributed by atoms with Crippen LogP contribution in [0.1, 0.15) is 66.2 Å². The third kappa shape index (κ3) is 4.65. The standard InChI is InChI=1S/C12H26ClN/c1-5-9-11(7-3)14(13)12(8-4)10-6-2/h11-12H,5-10H2,1-4H3. The van der Waals surface area contributed by atoms with Crippen molar-refractivity contribution >= 4 is 11.8 Å². The lowest BCUT2D eigenvalue weighted by Gasteiger charge is -2.31. The molecule has 0 aliphatic carbocycles. The van der Waals surface area contributed by atoms with Crippen molar-refractivity contribution in [2.45, 2.75) is 78.3 Å². The van der Waals surface area contributed by atoms with Gasteiger partial charge in [0.15, 0.2) is 0 Å². The lowest BCUT2D eigenvalue weighted by molar-refractivity contribution is 0.224. The Hall–Kier alpha value is 0.250. The first kappa shape index (κ1) is 14.2. The van der Waals surface area contributed by atoms with Gasteiger partial charge in [-0.25, -0.2) is 4.42 Å². The summed E-state index contributed by atoms with van der Waals surface area (Å²) in [7, 11) is 0. The van der Waals surface area contributed by atoms with Crippen LogP contribution < -0.4 is 0 Å². The van der Waals surface area contributed by atoms with Crippen molar-refractivity contribution in [2.75, 3.05) is 0 Å². The van der Waals surface area contributed by atoms with E-state index in [0.717, 1.165) is 12.8 Å². The third-order valence-corrected chi connectivity index (χ3v) is 3.44. The molecule has 2 heteroatoms. The number of hydrogen-bond acceptors (Lipinski definition) is 1. The summed E-state index contributed by atoms with van der Waals surface area (Å²) in [6, 6.07) is 1.14. The quantitative estimate of drug-likeness (QED) is 0.540. The first-order valence-corrected chi connectivity index (χ1v) is 6.48. The van der Waals surface area contributed by atoms with Crippen molar-refractivity contribution in [3.8, 4) is 0 Å². The fourth-order valence-corrected chi connectivity index (χ4v) is 2.44. The Bertz CT molecular complexity index is 113. The second kappa shape index (κ2) is 8.55. The molecule has 0 rings (SSSR count). The summed E-state index contributed by atoms with van der Waals surface area (Å²) in [5, 5.41) is 0. The second-order valence-corrected chi connectivity index (χ2v) is 4.44. The Morgan fingerprint density at radius 1 is 0.857 bits per heavy atom. The summed E-state index contributed by atoms with van der Waals surface area (Å²) in [5.41, 5.74) is 0. The van der Waals surface area contributed by atoms with Crippen LogP contribution in [0.2, 0.25) is 0 Å². The van der Waals surface area contributed by atoms with Crippen molar-refractivity contribution < 1.29 is 0 Å². The van der Waals surface area contributed by atoms with Crippen LogP contribution in [0.5, 0.6) is 0 Å². The number of nitrogens with zero attached hydrogens (tertiary/aromatic N) is 1. The molecule has 0 aliphatic heterocycles. The second-order valence-electron chi connectivity index (χ2n) is 4.05. The molecule has 1 nitrogen and oxygen atoms in total. The fraction of sp³-hybridized carbons (Fsp3) is 1.00. The van der Waals surface area contributed by atoms with Crippen molar-refractivity contribution in [1.29, 1.82) is 0 Å². The number of halogens is 1. The van der Waals surface area contributed by atoms with Gasteiger partial charge in [0.05, 0.1) is 0 Å². The third-order valence-electron chi connectivity index (χ3n) is 2.88. The Morgan fingerprint density at radius 3 is 1.43 bits per heavy atom. The highest BCUT2D eigenvalue weighted by molar-refractivity contribution is 6.13. The molecule has 0 bridgehead atoms. The van der Waals surface area contributed by atoms with Gasteiger partial charge >= 0.3 is 0 Å². The molecule has 0 fully saturated rings. The van der Waals surface area contributed by atoms with E-state index in [1.165, 1.54) is 25.7 Å². The van der Waals surface area contributed by atoms with E-state index in [2.05, 4.69) is 32.1 Å². The Balaban J connectivity index is 4.13. The van der Waals surface area contributed by atoms with Crippen LogP contribution in [-0.2, 0) is 0 Å². The summed E-state index contributed by atoms with van der Waals surface area (Å²) in [6.07, 6.45) is 7.23. The minimum Gasteiger partial charge on any atom is -0.214 e. The van der Waals surface area contributed by atoms with Gasteiger partial charge in [0.25, 0.3) is 0 Å². The molecule has 0 radical (unpaired) electrons. The SMILES string of the molecule is CCCC(CC)N(Cl)C(CC)CCC. The topological polar surface area (TPSA) is 3.24 Å². The maximum absolute atomic E-state index is 6.40. The molecular formula is C12H26ClN. The van der Waals surface area contributed by atoms with E-state index < -0.39 is 0 Å². The van der Waals surface area contributed by atoms with Crippen LogP contribution in [0.4, 0.5) is 0 Å². The molecule has 86 valence electrons. The maximum atomic E-state index is 6.40. The summed E-state index contributed by atoms with van der Waals surface area (Å²) in [4.78, 5) is 0. The first-order valence-electron chi connectivity index (χ1n) is 6.15. The van der Waals surface area contributed by atoms with E-state index in [0.29, 0.717) is 12.1 Å². The van der Waals surface area contributed by atoms with Gasteiger partial charge in [0.1, 0.15) is 0 Å². The fourth-order valence-electron chi connectivity index (χ4n) is 1.97. The molecule has 0 amide bonds. The van der Waals surface area contributed by atoms with E-state index >= 15 is 0 Å². The van der Waals surface area contributed by atoms with E-state index in [4.69, 9.17) is 11.8 Å². The lowest BCUT2D eigenvalue weighted by atomic mass is 10.0. The molecule has 2 atom stereocenters. The average molecular weight is 220 g/mol. The molecule has 0 aromatic heterocycles. The monoisotopic (exact) mass is 219 g/mol.